The summed E-state index contributed by atoms with van der Waals surface area (Å²) in [6.07, 6.45) is 2.36. The molecular formula is C16H20N8O. The van der Waals surface area contributed by atoms with E-state index in [-0.39, 0.29) is 5.88 Å². The zero-order chi connectivity index (χ0) is 17.6. The van der Waals surface area contributed by atoms with Gasteiger partial charge in [-0.15, -0.1) is 10.2 Å². The number of H-pyrrole nitrogens is 1. The van der Waals surface area contributed by atoms with Crippen LogP contribution < -0.4 is 10.6 Å². The van der Waals surface area contributed by atoms with Gasteiger partial charge in [0.15, 0.2) is 5.82 Å². The molecule has 3 rings (SSSR count). The van der Waals surface area contributed by atoms with Crippen LogP contribution in [-0.4, -0.2) is 48.3 Å². The van der Waals surface area contributed by atoms with E-state index in [1.54, 1.807) is 13.1 Å². The molecule has 0 radical (unpaired) electrons. The Hall–Kier alpha value is -3.23. The van der Waals surface area contributed by atoms with Crippen molar-refractivity contribution in [2.24, 2.45) is 0 Å². The maximum absolute atomic E-state index is 9.47. The second-order valence-electron chi connectivity index (χ2n) is 5.45. The van der Waals surface area contributed by atoms with Crippen molar-refractivity contribution in [3.05, 3.63) is 35.9 Å². The summed E-state index contributed by atoms with van der Waals surface area (Å²) in [5.74, 6) is 2.59. The normalized spacial score (nSPS) is 10.6. The molecule has 9 heteroatoms. The molecular weight excluding hydrogens is 320 g/mol. The van der Waals surface area contributed by atoms with E-state index in [1.807, 2.05) is 19.1 Å². The Balaban J connectivity index is 1.61. The van der Waals surface area contributed by atoms with Crippen LogP contribution in [-0.2, 0) is 6.42 Å². The summed E-state index contributed by atoms with van der Waals surface area (Å²) >= 11 is 0. The van der Waals surface area contributed by atoms with E-state index in [9.17, 15) is 5.11 Å². The summed E-state index contributed by atoms with van der Waals surface area (Å²) in [5, 5.41) is 24.0. The molecule has 9 nitrogen and oxygen atoms in total. The van der Waals surface area contributed by atoms with Gasteiger partial charge in [-0.3, -0.25) is 0 Å². The van der Waals surface area contributed by atoms with Gasteiger partial charge in [0.2, 0.25) is 11.8 Å². The molecule has 0 atom stereocenters. The highest BCUT2D eigenvalue weighted by atomic mass is 16.3. The molecule has 0 fully saturated rings. The summed E-state index contributed by atoms with van der Waals surface area (Å²) in [4.78, 5) is 15.6. The maximum atomic E-state index is 9.47. The summed E-state index contributed by atoms with van der Waals surface area (Å²) in [5.41, 5.74) is 1.62. The Morgan fingerprint density at radius 3 is 2.84 bits per heavy atom. The molecule has 0 aliphatic carbocycles. The first-order valence-corrected chi connectivity index (χ1v) is 8.04. The predicted molar refractivity (Wildman–Crippen MR) is 94.4 cm³/mol. The quantitative estimate of drug-likeness (QED) is 0.513. The Kier molecular flexibility index (Phi) is 5.03. The number of hydrogen-bond donors (Lipinski definition) is 4. The fourth-order valence-corrected chi connectivity index (χ4v) is 2.32. The molecule has 0 aliphatic rings. The van der Waals surface area contributed by atoms with Crippen molar-refractivity contribution in [2.45, 2.75) is 20.3 Å². The van der Waals surface area contributed by atoms with Crippen LogP contribution in [0.15, 0.2) is 24.4 Å². The van der Waals surface area contributed by atoms with Crippen LogP contribution in [0.3, 0.4) is 0 Å². The van der Waals surface area contributed by atoms with Crippen LogP contribution in [0.1, 0.15) is 18.4 Å². The highest BCUT2D eigenvalue weighted by molar-refractivity contribution is 5.59. The summed E-state index contributed by atoms with van der Waals surface area (Å²) < 4.78 is 0. The van der Waals surface area contributed by atoms with Crippen molar-refractivity contribution in [1.29, 1.82) is 0 Å². The first-order valence-electron chi connectivity index (χ1n) is 8.04. The molecule has 4 N–H and O–H groups in total. The second-order valence-corrected chi connectivity index (χ2v) is 5.45. The third-order valence-corrected chi connectivity index (χ3v) is 3.41. The van der Waals surface area contributed by atoms with E-state index < -0.39 is 0 Å². The Morgan fingerprint density at radius 1 is 1.16 bits per heavy atom. The number of aromatic amines is 1. The number of pyridine rings is 1. The van der Waals surface area contributed by atoms with E-state index in [2.05, 4.69) is 40.8 Å². The van der Waals surface area contributed by atoms with Gasteiger partial charge in [0.05, 0.1) is 0 Å². The molecule has 3 aromatic rings. The van der Waals surface area contributed by atoms with Gasteiger partial charge in [-0.1, -0.05) is 0 Å². The number of hydrogen-bond acceptors (Lipinski definition) is 8. The molecule has 0 unspecified atom stereocenters. The molecule has 3 aromatic heterocycles. The van der Waals surface area contributed by atoms with Crippen molar-refractivity contribution >= 4 is 11.8 Å². The van der Waals surface area contributed by atoms with Crippen LogP contribution in [0, 0.1) is 6.92 Å². The average Bonchev–Trinajstić information content (AvgIpc) is 3.03. The number of rotatable bonds is 7. The summed E-state index contributed by atoms with van der Waals surface area (Å²) in [7, 11) is 0. The molecule has 130 valence electrons. The minimum atomic E-state index is -0.0499. The Labute approximate surface area is 145 Å². The van der Waals surface area contributed by atoms with Gasteiger partial charge >= 0.3 is 0 Å². The third kappa shape index (κ3) is 4.40. The van der Waals surface area contributed by atoms with Crippen LogP contribution in [0.2, 0.25) is 0 Å². The van der Waals surface area contributed by atoms with Crippen molar-refractivity contribution < 1.29 is 5.11 Å². The number of nitrogens with zero attached hydrogens (tertiary/aromatic N) is 5. The Bertz CT molecular complexity index is 827. The van der Waals surface area contributed by atoms with E-state index in [0.29, 0.717) is 30.4 Å². The fourth-order valence-electron chi connectivity index (χ4n) is 2.32. The van der Waals surface area contributed by atoms with Gasteiger partial charge in [0.1, 0.15) is 11.6 Å². The lowest BCUT2D eigenvalue weighted by atomic mass is 10.2. The molecule has 3 heterocycles. The molecule has 25 heavy (non-hydrogen) atoms. The number of aromatic nitrogens is 6. The lowest BCUT2D eigenvalue weighted by Crippen LogP contribution is -2.09. The zero-order valence-corrected chi connectivity index (χ0v) is 14.1. The van der Waals surface area contributed by atoms with E-state index in [0.717, 1.165) is 23.8 Å². The standard InChI is InChI=1S/C16H20N8O/c1-3-17-13-9-11(4-6-18-13)15-21-12(23-24-15)5-7-19-16-20-10(2)8-14(25)22-16/h4,6,8-9H,3,5,7H2,1-2H3,(H,17,18)(H,21,23,24)(H2,19,20,22,25). The lowest BCUT2D eigenvalue weighted by Gasteiger charge is -2.04. The van der Waals surface area contributed by atoms with Crippen LogP contribution in [0.25, 0.3) is 11.4 Å². The average molecular weight is 340 g/mol. The van der Waals surface area contributed by atoms with Gasteiger partial charge in [0, 0.05) is 43.0 Å². The van der Waals surface area contributed by atoms with Gasteiger partial charge in [-0.05, 0) is 26.0 Å². The SMILES string of the molecule is CCNc1cc(-c2nnc(CCNc3nc(C)cc(O)n3)[nH]2)ccn1. The van der Waals surface area contributed by atoms with Crippen molar-refractivity contribution in [2.75, 3.05) is 23.7 Å². The van der Waals surface area contributed by atoms with Crippen LogP contribution >= 0.6 is 0 Å². The van der Waals surface area contributed by atoms with E-state index >= 15 is 0 Å². The predicted octanol–water partition coefficient (Wildman–Crippen LogP) is 1.76. The third-order valence-electron chi connectivity index (χ3n) is 3.41. The second kappa shape index (κ2) is 7.56. The number of nitrogens with one attached hydrogen (secondary N) is 3. The molecule has 0 saturated carbocycles. The van der Waals surface area contributed by atoms with Gasteiger partial charge in [0.25, 0.3) is 0 Å². The first-order chi connectivity index (χ1) is 12.1. The summed E-state index contributed by atoms with van der Waals surface area (Å²) in [6.45, 7) is 5.19. The number of anilines is 2. The van der Waals surface area contributed by atoms with Gasteiger partial charge in [-0.25, -0.2) is 9.97 Å². The molecule has 0 bridgehead atoms. The molecule has 0 saturated heterocycles. The highest BCUT2D eigenvalue weighted by Crippen LogP contribution is 2.17. The number of aryl methyl sites for hydroxylation is 1. The van der Waals surface area contributed by atoms with Crippen molar-refractivity contribution in [3.63, 3.8) is 0 Å². The lowest BCUT2D eigenvalue weighted by molar-refractivity contribution is 0.452. The Morgan fingerprint density at radius 2 is 2.04 bits per heavy atom. The monoisotopic (exact) mass is 340 g/mol. The smallest absolute Gasteiger partial charge is 0.226 e. The topological polar surface area (TPSA) is 125 Å². The van der Waals surface area contributed by atoms with E-state index in [4.69, 9.17) is 0 Å². The molecule has 0 aromatic carbocycles. The van der Waals surface area contributed by atoms with Crippen molar-refractivity contribution in [1.82, 2.24) is 30.1 Å². The molecule has 0 aliphatic heterocycles. The van der Waals surface area contributed by atoms with E-state index in [1.165, 1.54) is 6.07 Å². The number of aromatic hydroxyl groups is 1. The highest BCUT2D eigenvalue weighted by Gasteiger charge is 2.07. The minimum absolute atomic E-state index is 0.0499. The van der Waals surface area contributed by atoms with Crippen molar-refractivity contribution in [3.8, 4) is 17.3 Å². The van der Waals surface area contributed by atoms with Crippen LogP contribution in [0.4, 0.5) is 11.8 Å². The molecule has 0 amide bonds. The first kappa shape index (κ1) is 16.6. The van der Waals surface area contributed by atoms with Gasteiger partial charge in [-0.2, -0.15) is 4.98 Å². The largest absolute Gasteiger partial charge is 0.493 e. The van der Waals surface area contributed by atoms with Gasteiger partial charge < -0.3 is 20.7 Å². The zero-order valence-electron chi connectivity index (χ0n) is 14.1. The minimum Gasteiger partial charge on any atom is -0.493 e. The fraction of sp³-hybridized carbons (Fsp3) is 0.312. The molecule has 0 spiro atoms. The maximum Gasteiger partial charge on any atom is 0.226 e. The van der Waals surface area contributed by atoms with Crippen LogP contribution in [0.5, 0.6) is 5.88 Å². The summed E-state index contributed by atoms with van der Waals surface area (Å²) in [6, 6.07) is 5.31.